The van der Waals surface area contributed by atoms with E-state index in [1.54, 1.807) is 10.4 Å². The molecule has 1 saturated heterocycles. The Labute approximate surface area is 173 Å². The SMILES string of the molecule is O=S(=O)(c1cc(Br)c(Br)s1)N1CCN(Cc2ccc3c(c2)OCO3)CC1. The van der Waals surface area contributed by atoms with Gasteiger partial charge in [0.15, 0.2) is 11.5 Å². The van der Waals surface area contributed by atoms with Crippen molar-refractivity contribution in [2.45, 2.75) is 10.8 Å². The second-order valence-electron chi connectivity index (χ2n) is 6.05. The highest BCUT2D eigenvalue weighted by molar-refractivity contribution is 9.13. The van der Waals surface area contributed by atoms with Crippen molar-refractivity contribution in [2.75, 3.05) is 33.0 Å². The number of nitrogens with zero attached hydrogens (tertiary/aromatic N) is 2. The van der Waals surface area contributed by atoms with Gasteiger partial charge < -0.3 is 9.47 Å². The second kappa shape index (κ2) is 7.40. The maximum atomic E-state index is 12.8. The Hall–Kier alpha value is -0.650. The van der Waals surface area contributed by atoms with Gasteiger partial charge >= 0.3 is 0 Å². The average molecular weight is 524 g/mol. The van der Waals surface area contributed by atoms with Crippen LogP contribution in [0.2, 0.25) is 0 Å². The van der Waals surface area contributed by atoms with Gasteiger partial charge in [-0.3, -0.25) is 4.90 Å². The maximum absolute atomic E-state index is 12.8. The molecular weight excluding hydrogens is 508 g/mol. The number of ether oxygens (including phenoxy) is 2. The summed E-state index contributed by atoms with van der Waals surface area (Å²) in [5.74, 6) is 1.55. The van der Waals surface area contributed by atoms with Crippen molar-refractivity contribution < 1.29 is 17.9 Å². The zero-order chi connectivity index (χ0) is 18.3. The number of thiophene rings is 1. The minimum Gasteiger partial charge on any atom is -0.454 e. The first kappa shape index (κ1) is 18.7. The molecule has 3 heterocycles. The summed E-state index contributed by atoms with van der Waals surface area (Å²) in [4.78, 5) is 2.25. The van der Waals surface area contributed by atoms with Crippen LogP contribution in [0.15, 0.2) is 36.7 Å². The van der Waals surface area contributed by atoms with Crippen LogP contribution < -0.4 is 9.47 Å². The molecule has 2 aliphatic rings. The molecule has 0 N–H and O–H groups in total. The summed E-state index contributed by atoms with van der Waals surface area (Å²) in [5, 5.41) is 0. The number of piperazine rings is 1. The van der Waals surface area contributed by atoms with Crippen LogP contribution in [0.25, 0.3) is 0 Å². The van der Waals surface area contributed by atoms with Crippen LogP contribution in [-0.2, 0) is 16.6 Å². The fourth-order valence-corrected chi connectivity index (χ4v) is 7.40. The molecule has 0 saturated carbocycles. The summed E-state index contributed by atoms with van der Waals surface area (Å²) in [7, 11) is -3.44. The third-order valence-corrected chi connectivity index (χ3v) is 10.00. The van der Waals surface area contributed by atoms with Gasteiger partial charge in [0.25, 0.3) is 10.0 Å². The number of benzene rings is 1. The van der Waals surface area contributed by atoms with Gasteiger partial charge in [-0.1, -0.05) is 6.07 Å². The molecule has 10 heteroatoms. The van der Waals surface area contributed by atoms with Crippen LogP contribution in [0.5, 0.6) is 11.5 Å². The van der Waals surface area contributed by atoms with Crippen LogP contribution in [0.3, 0.4) is 0 Å². The van der Waals surface area contributed by atoms with E-state index in [1.807, 2.05) is 18.2 Å². The Morgan fingerprint density at radius 2 is 1.77 bits per heavy atom. The number of rotatable bonds is 4. The molecule has 1 aromatic heterocycles. The minimum atomic E-state index is -3.44. The van der Waals surface area contributed by atoms with Gasteiger partial charge in [-0.05, 0) is 55.6 Å². The van der Waals surface area contributed by atoms with E-state index in [0.29, 0.717) is 30.4 Å². The first-order valence-electron chi connectivity index (χ1n) is 7.99. The van der Waals surface area contributed by atoms with E-state index in [-0.39, 0.29) is 6.79 Å². The lowest BCUT2D eigenvalue weighted by molar-refractivity contribution is 0.173. The molecule has 4 rings (SSSR count). The summed E-state index contributed by atoms with van der Waals surface area (Å²) < 4.78 is 39.8. The summed E-state index contributed by atoms with van der Waals surface area (Å²) >= 11 is 7.95. The largest absolute Gasteiger partial charge is 0.454 e. The molecule has 140 valence electrons. The summed E-state index contributed by atoms with van der Waals surface area (Å²) in [6.45, 7) is 3.40. The smallest absolute Gasteiger partial charge is 0.252 e. The Balaban J connectivity index is 1.39. The van der Waals surface area contributed by atoms with Crippen LogP contribution >= 0.6 is 43.2 Å². The van der Waals surface area contributed by atoms with Crippen LogP contribution in [0.1, 0.15) is 5.56 Å². The lowest BCUT2D eigenvalue weighted by Crippen LogP contribution is -2.48. The Bertz CT molecular complexity index is 905. The summed E-state index contributed by atoms with van der Waals surface area (Å²) in [5.41, 5.74) is 1.14. The normalized spacial score (nSPS) is 18.4. The molecule has 0 radical (unpaired) electrons. The van der Waals surface area contributed by atoms with E-state index in [9.17, 15) is 8.42 Å². The van der Waals surface area contributed by atoms with Crippen LogP contribution in [0, 0.1) is 0 Å². The van der Waals surface area contributed by atoms with Gasteiger partial charge in [0, 0.05) is 37.2 Å². The molecular formula is C16H16Br2N2O4S2. The van der Waals surface area contributed by atoms with Gasteiger partial charge in [-0.15, -0.1) is 11.3 Å². The van der Waals surface area contributed by atoms with E-state index in [2.05, 4.69) is 36.8 Å². The number of halogens is 2. The van der Waals surface area contributed by atoms with E-state index in [1.165, 1.54) is 11.3 Å². The number of sulfonamides is 1. The molecule has 0 amide bonds. The minimum absolute atomic E-state index is 0.268. The highest BCUT2D eigenvalue weighted by Crippen LogP contribution is 2.36. The van der Waals surface area contributed by atoms with Crippen molar-refractivity contribution >= 4 is 53.2 Å². The van der Waals surface area contributed by atoms with Crippen molar-refractivity contribution in [3.05, 3.63) is 38.1 Å². The summed E-state index contributed by atoms with van der Waals surface area (Å²) in [6, 6.07) is 7.59. The van der Waals surface area contributed by atoms with E-state index >= 15 is 0 Å². The first-order chi connectivity index (χ1) is 12.4. The van der Waals surface area contributed by atoms with Gasteiger partial charge in [-0.25, -0.2) is 8.42 Å². The fourth-order valence-electron chi connectivity index (χ4n) is 3.01. The lowest BCUT2D eigenvalue weighted by atomic mass is 10.2. The zero-order valence-corrected chi connectivity index (χ0v) is 18.5. The number of hydrogen-bond acceptors (Lipinski definition) is 6. The van der Waals surface area contributed by atoms with E-state index in [0.717, 1.165) is 31.9 Å². The molecule has 0 bridgehead atoms. The second-order valence-corrected chi connectivity index (χ2v) is 11.4. The van der Waals surface area contributed by atoms with Gasteiger partial charge in [0.05, 0.1) is 3.79 Å². The molecule has 1 aromatic carbocycles. The summed E-state index contributed by atoms with van der Waals surface area (Å²) in [6.07, 6.45) is 0. The molecule has 0 spiro atoms. The highest BCUT2D eigenvalue weighted by atomic mass is 79.9. The molecule has 2 aromatic rings. The maximum Gasteiger partial charge on any atom is 0.252 e. The Morgan fingerprint density at radius 3 is 2.46 bits per heavy atom. The van der Waals surface area contributed by atoms with Crippen LogP contribution in [0.4, 0.5) is 0 Å². The molecule has 26 heavy (non-hydrogen) atoms. The van der Waals surface area contributed by atoms with E-state index < -0.39 is 10.0 Å². The predicted octanol–water partition coefficient (Wildman–Crippen LogP) is 3.51. The van der Waals surface area contributed by atoms with Crippen LogP contribution in [-0.4, -0.2) is 50.6 Å². The van der Waals surface area contributed by atoms with Gasteiger partial charge in [0.2, 0.25) is 6.79 Å². The Morgan fingerprint density at radius 1 is 1.04 bits per heavy atom. The van der Waals surface area contributed by atoms with Crippen molar-refractivity contribution in [2.24, 2.45) is 0 Å². The molecule has 2 aliphatic heterocycles. The third-order valence-electron chi connectivity index (χ3n) is 4.39. The van der Waals surface area contributed by atoms with Crippen molar-refractivity contribution in [1.82, 2.24) is 9.21 Å². The fraction of sp³-hybridized carbons (Fsp3) is 0.375. The number of hydrogen-bond donors (Lipinski definition) is 0. The quantitative estimate of drug-likeness (QED) is 0.613. The predicted molar refractivity (Wildman–Crippen MR) is 106 cm³/mol. The Kier molecular flexibility index (Phi) is 5.32. The van der Waals surface area contributed by atoms with E-state index in [4.69, 9.17) is 9.47 Å². The molecule has 1 fully saturated rings. The van der Waals surface area contributed by atoms with Gasteiger partial charge in [-0.2, -0.15) is 4.31 Å². The average Bonchev–Trinajstić information content (AvgIpc) is 3.22. The first-order valence-corrected chi connectivity index (χ1v) is 11.8. The number of fused-ring (bicyclic) bond motifs is 1. The molecule has 6 nitrogen and oxygen atoms in total. The third kappa shape index (κ3) is 3.67. The molecule has 0 unspecified atom stereocenters. The zero-order valence-electron chi connectivity index (χ0n) is 13.7. The van der Waals surface area contributed by atoms with Crippen molar-refractivity contribution in [1.29, 1.82) is 0 Å². The standard InChI is InChI=1S/C16H16Br2N2O4S2/c17-12-8-15(25-16(12)18)26(21,22)20-5-3-19(4-6-20)9-11-1-2-13-14(7-11)24-10-23-13/h1-2,7-8H,3-6,9-10H2. The monoisotopic (exact) mass is 522 g/mol. The highest BCUT2D eigenvalue weighted by Gasteiger charge is 2.30. The molecule has 0 aliphatic carbocycles. The topological polar surface area (TPSA) is 59.1 Å². The van der Waals surface area contributed by atoms with Crippen molar-refractivity contribution in [3.63, 3.8) is 0 Å². The molecule has 0 atom stereocenters. The lowest BCUT2D eigenvalue weighted by Gasteiger charge is -2.33. The van der Waals surface area contributed by atoms with Gasteiger partial charge in [0.1, 0.15) is 4.21 Å². The van der Waals surface area contributed by atoms with Crippen molar-refractivity contribution in [3.8, 4) is 11.5 Å².